The molecule has 2 heterocycles. The van der Waals surface area contributed by atoms with Crippen molar-refractivity contribution in [2.24, 2.45) is 5.92 Å². The Morgan fingerprint density at radius 2 is 2.00 bits per heavy atom. The molecular weight excluding hydrogens is 232 g/mol. The first-order chi connectivity index (χ1) is 8.59. The Morgan fingerprint density at radius 1 is 1.28 bits per heavy atom. The maximum absolute atomic E-state index is 12.2. The van der Waals surface area contributed by atoms with Gasteiger partial charge in [-0.3, -0.25) is 14.8 Å². The minimum atomic E-state index is -0.653. The first-order valence-corrected chi connectivity index (χ1v) is 6.02. The molecule has 5 heteroatoms. The lowest BCUT2D eigenvalue weighted by Crippen LogP contribution is -2.54. The molecule has 3 rings (SSSR count). The second-order valence-corrected chi connectivity index (χ2v) is 4.81. The first-order valence-electron chi connectivity index (χ1n) is 6.02. The second-order valence-electron chi connectivity index (χ2n) is 4.81. The maximum Gasteiger partial charge on any atom is 0.256 e. The van der Waals surface area contributed by atoms with Crippen LogP contribution in [0.15, 0.2) is 35.5 Å². The molecule has 1 N–H and O–H groups in total. The van der Waals surface area contributed by atoms with Gasteiger partial charge in [0, 0.05) is 24.1 Å². The van der Waals surface area contributed by atoms with Crippen LogP contribution in [0.2, 0.25) is 0 Å². The van der Waals surface area contributed by atoms with E-state index in [1.54, 1.807) is 6.08 Å². The van der Waals surface area contributed by atoms with Gasteiger partial charge in [0.05, 0.1) is 0 Å². The molecule has 94 valence electrons. The number of hydrogen-bond donors (Lipinski definition) is 1. The number of amides is 2. The number of carbonyl (C=O) groups excluding carboxylic acids is 2. The number of carbonyl (C=O) groups is 2. The van der Waals surface area contributed by atoms with E-state index in [-0.39, 0.29) is 24.2 Å². The molecule has 5 nitrogen and oxygen atoms in total. The van der Waals surface area contributed by atoms with E-state index in [1.807, 2.05) is 25.2 Å². The van der Waals surface area contributed by atoms with Gasteiger partial charge in [-0.05, 0) is 5.92 Å². The third kappa shape index (κ3) is 1.44. The fourth-order valence-corrected chi connectivity index (χ4v) is 2.56. The van der Waals surface area contributed by atoms with Crippen LogP contribution < -0.4 is 0 Å². The predicted octanol–water partition coefficient (Wildman–Crippen LogP) is 0.835. The highest BCUT2D eigenvalue weighted by atomic mass is 16.5. The lowest BCUT2D eigenvalue weighted by Gasteiger charge is -2.36. The molecule has 2 amide bonds. The van der Waals surface area contributed by atoms with Crippen molar-refractivity contribution in [3.63, 3.8) is 0 Å². The molecule has 0 bridgehead atoms. The van der Waals surface area contributed by atoms with Gasteiger partial charge in [0.15, 0.2) is 6.17 Å². The van der Waals surface area contributed by atoms with Gasteiger partial charge in [0.25, 0.3) is 5.91 Å². The topological polar surface area (TPSA) is 60.9 Å². The average Bonchev–Trinajstić information content (AvgIpc) is 2.48. The van der Waals surface area contributed by atoms with E-state index < -0.39 is 6.17 Å². The van der Waals surface area contributed by atoms with Crippen molar-refractivity contribution in [3.05, 3.63) is 35.5 Å². The Balaban J connectivity index is 2.07. The van der Waals surface area contributed by atoms with Crippen molar-refractivity contribution in [3.8, 4) is 0 Å². The first kappa shape index (κ1) is 11.2. The molecule has 1 fully saturated rings. The molecule has 1 aliphatic carbocycles. The minimum Gasteiger partial charge on any atom is -0.311 e. The molecule has 2 unspecified atom stereocenters. The SMILES string of the molecule is CC1C=CC2=C(C=C1)C1N(O)C(=O)CCN1C2=O. The van der Waals surface area contributed by atoms with Crippen LogP contribution in [0, 0.1) is 5.92 Å². The van der Waals surface area contributed by atoms with E-state index in [9.17, 15) is 14.8 Å². The number of fused-ring (bicyclic) bond motifs is 2. The number of nitrogens with zero attached hydrogens (tertiary/aromatic N) is 2. The molecule has 1 saturated heterocycles. The standard InChI is InChI=1S/C13H14N2O3/c1-8-2-4-9-10(5-3-8)13(17)14-7-6-11(16)15(18)12(9)14/h2-5,8,12,18H,6-7H2,1H3. The van der Waals surface area contributed by atoms with Crippen LogP contribution in [-0.4, -0.2) is 39.7 Å². The summed E-state index contributed by atoms with van der Waals surface area (Å²) >= 11 is 0. The summed E-state index contributed by atoms with van der Waals surface area (Å²) in [6, 6.07) is 0. The van der Waals surface area contributed by atoms with E-state index in [2.05, 4.69) is 0 Å². The quantitative estimate of drug-likeness (QED) is 0.644. The van der Waals surface area contributed by atoms with Crippen molar-refractivity contribution >= 4 is 11.8 Å². The fraction of sp³-hybridized carbons (Fsp3) is 0.385. The van der Waals surface area contributed by atoms with Gasteiger partial charge in [-0.15, -0.1) is 0 Å². The van der Waals surface area contributed by atoms with E-state index in [4.69, 9.17) is 0 Å². The van der Waals surface area contributed by atoms with E-state index in [1.165, 1.54) is 4.90 Å². The summed E-state index contributed by atoms with van der Waals surface area (Å²) in [5.74, 6) is -0.215. The van der Waals surface area contributed by atoms with Crippen LogP contribution in [0.3, 0.4) is 0 Å². The van der Waals surface area contributed by atoms with Crippen LogP contribution >= 0.6 is 0 Å². The summed E-state index contributed by atoms with van der Waals surface area (Å²) in [6.07, 6.45) is 7.05. The van der Waals surface area contributed by atoms with Gasteiger partial charge >= 0.3 is 0 Å². The van der Waals surface area contributed by atoms with Crippen LogP contribution in [0.5, 0.6) is 0 Å². The summed E-state index contributed by atoms with van der Waals surface area (Å²) in [6.45, 7) is 2.38. The van der Waals surface area contributed by atoms with Gasteiger partial charge in [0.1, 0.15) is 0 Å². The molecule has 2 aliphatic heterocycles. The maximum atomic E-state index is 12.2. The van der Waals surface area contributed by atoms with Crippen molar-refractivity contribution < 1.29 is 14.8 Å². The minimum absolute atomic E-state index is 0.114. The third-order valence-electron chi connectivity index (χ3n) is 3.58. The zero-order chi connectivity index (χ0) is 12.9. The van der Waals surface area contributed by atoms with Crippen molar-refractivity contribution in [2.75, 3.05) is 6.54 Å². The lowest BCUT2D eigenvalue weighted by molar-refractivity contribution is -0.195. The Kier molecular flexibility index (Phi) is 2.38. The number of hydroxylamine groups is 2. The molecule has 0 aromatic heterocycles. The second kappa shape index (κ2) is 3.81. The monoisotopic (exact) mass is 246 g/mol. The molecule has 0 aromatic rings. The van der Waals surface area contributed by atoms with E-state index in [0.29, 0.717) is 22.8 Å². The highest BCUT2D eigenvalue weighted by molar-refractivity contribution is 6.02. The molecule has 2 atom stereocenters. The number of hydrogen-bond acceptors (Lipinski definition) is 3. The van der Waals surface area contributed by atoms with E-state index in [0.717, 1.165) is 0 Å². The average molecular weight is 246 g/mol. The number of rotatable bonds is 0. The molecule has 18 heavy (non-hydrogen) atoms. The molecule has 0 radical (unpaired) electrons. The van der Waals surface area contributed by atoms with Crippen LogP contribution in [-0.2, 0) is 9.59 Å². The molecule has 0 saturated carbocycles. The van der Waals surface area contributed by atoms with Gasteiger partial charge in [-0.25, -0.2) is 0 Å². The summed E-state index contributed by atoms with van der Waals surface area (Å²) in [4.78, 5) is 25.3. The summed E-state index contributed by atoms with van der Waals surface area (Å²) in [5, 5.41) is 10.5. The van der Waals surface area contributed by atoms with Crippen molar-refractivity contribution in [1.82, 2.24) is 9.96 Å². The smallest absolute Gasteiger partial charge is 0.256 e. The Labute approximate surface area is 105 Å². The molecule has 3 aliphatic rings. The summed E-state index contributed by atoms with van der Waals surface area (Å²) < 4.78 is 0. The lowest BCUT2D eigenvalue weighted by atomic mass is 10.1. The van der Waals surface area contributed by atoms with Crippen LogP contribution in [0.1, 0.15) is 13.3 Å². The van der Waals surface area contributed by atoms with Gasteiger partial charge in [-0.1, -0.05) is 31.2 Å². The van der Waals surface area contributed by atoms with Crippen LogP contribution in [0.4, 0.5) is 0 Å². The zero-order valence-corrected chi connectivity index (χ0v) is 10.0. The van der Waals surface area contributed by atoms with Crippen molar-refractivity contribution in [2.45, 2.75) is 19.5 Å². The third-order valence-corrected chi connectivity index (χ3v) is 3.58. The Morgan fingerprint density at radius 3 is 2.78 bits per heavy atom. The predicted molar refractivity (Wildman–Crippen MR) is 63.2 cm³/mol. The molecule has 0 aromatic carbocycles. The van der Waals surface area contributed by atoms with E-state index >= 15 is 0 Å². The van der Waals surface area contributed by atoms with Crippen LogP contribution in [0.25, 0.3) is 0 Å². The van der Waals surface area contributed by atoms with Gasteiger partial charge in [-0.2, -0.15) is 5.06 Å². The Hall–Kier alpha value is -1.88. The van der Waals surface area contributed by atoms with Gasteiger partial charge in [0.2, 0.25) is 5.91 Å². The highest BCUT2D eigenvalue weighted by Crippen LogP contribution is 2.34. The van der Waals surface area contributed by atoms with Gasteiger partial charge < -0.3 is 4.90 Å². The highest BCUT2D eigenvalue weighted by Gasteiger charge is 2.45. The zero-order valence-electron chi connectivity index (χ0n) is 10.0. The fourth-order valence-electron chi connectivity index (χ4n) is 2.56. The number of allylic oxidation sites excluding steroid dienone is 2. The summed E-state index contributed by atoms with van der Waals surface area (Å²) in [5.41, 5.74) is 1.28. The molecule has 0 spiro atoms. The normalized spacial score (nSPS) is 30.8. The largest absolute Gasteiger partial charge is 0.311 e. The van der Waals surface area contributed by atoms with Crippen molar-refractivity contribution in [1.29, 1.82) is 0 Å². The Bertz CT molecular complexity index is 518. The summed E-state index contributed by atoms with van der Waals surface area (Å²) in [7, 11) is 0. The molecular formula is C13H14N2O3.